The van der Waals surface area contributed by atoms with Crippen LogP contribution in [-0.4, -0.2) is 22.4 Å². The molecular weight excluding hydrogens is 356 g/mol. The van der Waals surface area contributed by atoms with E-state index in [0.29, 0.717) is 16.7 Å². The zero-order valence-corrected chi connectivity index (χ0v) is 19.7. The van der Waals surface area contributed by atoms with E-state index in [2.05, 4.69) is 40.7 Å². The minimum Gasteiger partial charge on any atom is -0.393 e. The van der Waals surface area contributed by atoms with Crippen LogP contribution in [0.25, 0.3) is 0 Å². The first-order chi connectivity index (χ1) is 13.7. The van der Waals surface area contributed by atoms with Crippen LogP contribution in [0.2, 0.25) is 0 Å². The van der Waals surface area contributed by atoms with E-state index in [0.717, 1.165) is 48.9 Å². The molecule has 0 bridgehead atoms. The second-order valence-electron chi connectivity index (χ2n) is 12.3. The molecule has 166 valence electrons. The van der Waals surface area contributed by atoms with E-state index < -0.39 is 0 Å². The smallest absolute Gasteiger partial charge is 0.0577 e. The van der Waals surface area contributed by atoms with E-state index in [4.69, 9.17) is 0 Å². The molecule has 0 heterocycles. The van der Waals surface area contributed by atoms with Crippen molar-refractivity contribution in [2.45, 2.75) is 111 Å². The van der Waals surface area contributed by atoms with Crippen molar-refractivity contribution in [1.82, 2.24) is 0 Å². The van der Waals surface area contributed by atoms with E-state index in [9.17, 15) is 10.2 Å². The Hall–Kier alpha value is -0.340. The summed E-state index contributed by atoms with van der Waals surface area (Å²) >= 11 is 0. The van der Waals surface area contributed by atoms with Gasteiger partial charge in [0.2, 0.25) is 0 Å². The SMILES string of the molecule is CC(C)[C@@H](O)CC[C@@H](C)[C@H]1CC[C@H]2[C@@H]3CC=C4C[C@@H](O)CC[C@]4(C)[C@H]3CC[C@]12C. The van der Waals surface area contributed by atoms with E-state index in [-0.39, 0.29) is 12.2 Å². The number of hydrogen-bond donors (Lipinski definition) is 2. The van der Waals surface area contributed by atoms with Crippen molar-refractivity contribution in [3.63, 3.8) is 0 Å². The van der Waals surface area contributed by atoms with Gasteiger partial charge in [-0.25, -0.2) is 0 Å². The molecule has 0 aromatic rings. The molecule has 4 aliphatic rings. The number of rotatable bonds is 5. The molecule has 9 atom stereocenters. The maximum absolute atomic E-state index is 10.3. The lowest BCUT2D eigenvalue weighted by atomic mass is 9.47. The minimum absolute atomic E-state index is 0.0994. The molecule has 4 aliphatic carbocycles. The molecular formula is C27H46O2. The Bertz CT molecular complexity index is 624. The van der Waals surface area contributed by atoms with Crippen LogP contribution >= 0.6 is 0 Å². The summed E-state index contributed by atoms with van der Waals surface area (Å²) < 4.78 is 0. The summed E-state index contributed by atoms with van der Waals surface area (Å²) in [5, 5.41) is 20.5. The second kappa shape index (κ2) is 7.97. The van der Waals surface area contributed by atoms with Gasteiger partial charge in [-0.05, 0) is 111 Å². The molecule has 0 saturated heterocycles. The molecule has 2 N–H and O–H groups in total. The summed E-state index contributed by atoms with van der Waals surface area (Å²) in [6.07, 6.45) is 14.4. The van der Waals surface area contributed by atoms with Crippen LogP contribution in [0.1, 0.15) is 98.8 Å². The highest BCUT2D eigenvalue weighted by atomic mass is 16.3. The fraction of sp³-hybridized carbons (Fsp3) is 0.926. The molecule has 0 amide bonds. The lowest BCUT2D eigenvalue weighted by Gasteiger charge is -2.58. The highest BCUT2D eigenvalue weighted by Crippen LogP contribution is 2.67. The van der Waals surface area contributed by atoms with Crippen LogP contribution < -0.4 is 0 Å². The quantitative estimate of drug-likeness (QED) is 0.525. The molecule has 0 aromatic heterocycles. The van der Waals surface area contributed by atoms with E-state index >= 15 is 0 Å². The number of aliphatic hydroxyl groups is 2. The Morgan fingerprint density at radius 2 is 1.76 bits per heavy atom. The monoisotopic (exact) mass is 402 g/mol. The van der Waals surface area contributed by atoms with Crippen molar-refractivity contribution >= 4 is 0 Å². The highest BCUT2D eigenvalue weighted by Gasteiger charge is 2.59. The van der Waals surface area contributed by atoms with Crippen molar-refractivity contribution < 1.29 is 10.2 Å². The van der Waals surface area contributed by atoms with Crippen molar-refractivity contribution in [2.24, 2.45) is 46.3 Å². The Kier molecular flexibility index (Phi) is 6.01. The van der Waals surface area contributed by atoms with E-state index in [1.807, 2.05) is 0 Å². The van der Waals surface area contributed by atoms with Crippen LogP contribution in [-0.2, 0) is 0 Å². The summed E-state index contributed by atoms with van der Waals surface area (Å²) in [5.41, 5.74) is 2.44. The van der Waals surface area contributed by atoms with Crippen molar-refractivity contribution in [3.8, 4) is 0 Å². The molecule has 0 aliphatic heterocycles. The molecule has 4 rings (SSSR count). The maximum Gasteiger partial charge on any atom is 0.0577 e. The summed E-state index contributed by atoms with van der Waals surface area (Å²) in [6.45, 7) is 11.9. The van der Waals surface area contributed by atoms with Crippen LogP contribution in [0, 0.1) is 46.3 Å². The standard InChI is InChI=1S/C27H46O2/c1-17(2)25(29)11-6-18(3)22-9-10-23-21-8-7-19-16-20(28)12-14-26(19,4)24(21)13-15-27(22,23)5/h7,17-18,20-25,28-29H,6,8-16H2,1-5H3/t18-,20+,21+,22-,23+,24+,25+,26+,27-/m1/s1. The van der Waals surface area contributed by atoms with Gasteiger partial charge in [0.05, 0.1) is 12.2 Å². The van der Waals surface area contributed by atoms with E-state index in [1.54, 1.807) is 5.57 Å². The number of fused-ring (bicyclic) bond motifs is 5. The summed E-state index contributed by atoms with van der Waals surface area (Å²) in [5.74, 6) is 4.51. The Morgan fingerprint density at radius 1 is 1.00 bits per heavy atom. The molecule has 0 aromatic carbocycles. The van der Waals surface area contributed by atoms with Gasteiger partial charge >= 0.3 is 0 Å². The average molecular weight is 403 g/mol. The lowest BCUT2D eigenvalue weighted by molar-refractivity contribution is -0.0579. The largest absolute Gasteiger partial charge is 0.393 e. The van der Waals surface area contributed by atoms with Gasteiger partial charge in [0.25, 0.3) is 0 Å². The van der Waals surface area contributed by atoms with Crippen molar-refractivity contribution in [2.75, 3.05) is 0 Å². The van der Waals surface area contributed by atoms with Crippen LogP contribution in [0.4, 0.5) is 0 Å². The van der Waals surface area contributed by atoms with Crippen LogP contribution in [0.3, 0.4) is 0 Å². The topological polar surface area (TPSA) is 40.5 Å². The van der Waals surface area contributed by atoms with Gasteiger partial charge in [-0.3, -0.25) is 0 Å². The zero-order chi connectivity index (χ0) is 21.0. The highest BCUT2D eigenvalue weighted by molar-refractivity contribution is 5.25. The van der Waals surface area contributed by atoms with Gasteiger partial charge in [-0.1, -0.05) is 46.3 Å². The molecule has 2 nitrogen and oxygen atoms in total. The Morgan fingerprint density at radius 3 is 2.48 bits per heavy atom. The van der Waals surface area contributed by atoms with Crippen LogP contribution in [0.5, 0.6) is 0 Å². The van der Waals surface area contributed by atoms with Crippen molar-refractivity contribution in [3.05, 3.63) is 11.6 Å². The molecule has 0 spiro atoms. The van der Waals surface area contributed by atoms with Gasteiger partial charge in [0.15, 0.2) is 0 Å². The zero-order valence-electron chi connectivity index (χ0n) is 19.7. The van der Waals surface area contributed by atoms with Gasteiger partial charge in [-0.2, -0.15) is 0 Å². The predicted molar refractivity (Wildman–Crippen MR) is 120 cm³/mol. The van der Waals surface area contributed by atoms with Crippen LogP contribution in [0.15, 0.2) is 11.6 Å². The average Bonchev–Trinajstić information content (AvgIpc) is 3.03. The van der Waals surface area contributed by atoms with E-state index in [1.165, 1.54) is 44.9 Å². The van der Waals surface area contributed by atoms with Gasteiger partial charge < -0.3 is 10.2 Å². The first kappa shape index (κ1) is 21.9. The third kappa shape index (κ3) is 3.65. The fourth-order valence-electron chi connectivity index (χ4n) is 8.59. The number of hydrogen-bond acceptors (Lipinski definition) is 2. The van der Waals surface area contributed by atoms with Gasteiger partial charge in [-0.15, -0.1) is 0 Å². The molecule has 3 fully saturated rings. The fourth-order valence-corrected chi connectivity index (χ4v) is 8.59. The summed E-state index contributed by atoms with van der Waals surface area (Å²) in [6, 6.07) is 0. The molecule has 0 unspecified atom stereocenters. The van der Waals surface area contributed by atoms with Crippen molar-refractivity contribution in [1.29, 1.82) is 0 Å². The first-order valence-corrected chi connectivity index (χ1v) is 12.7. The summed E-state index contributed by atoms with van der Waals surface area (Å²) in [7, 11) is 0. The molecule has 0 radical (unpaired) electrons. The third-order valence-corrected chi connectivity index (χ3v) is 10.5. The number of allylic oxidation sites excluding steroid dienone is 1. The van der Waals surface area contributed by atoms with Gasteiger partial charge in [0.1, 0.15) is 0 Å². The molecule has 2 heteroatoms. The minimum atomic E-state index is -0.137. The summed E-state index contributed by atoms with van der Waals surface area (Å²) in [4.78, 5) is 0. The molecule has 29 heavy (non-hydrogen) atoms. The molecule has 3 saturated carbocycles. The Labute approximate surface area is 179 Å². The predicted octanol–water partition coefficient (Wildman–Crippen LogP) is 6.36. The van der Waals surface area contributed by atoms with Gasteiger partial charge in [0, 0.05) is 0 Å². The second-order valence-corrected chi connectivity index (χ2v) is 12.3. The number of aliphatic hydroxyl groups excluding tert-OH is 2. The third-order valence-electron chi connectivity index (χ3n) is 10.5. The maximum atomic E-state index is 10.3. The lowest BCUT2D eigenvalue weighted by Crippen LogP contribution is -2.50. The Balaban J connectivity index is 1.49. The normalized spacial score (nSPS) is 46.5. The first-order valence-electron chi connectivity index (χ1n) is 12.7.